The van der Waals surface area contributed by atoms with E-state index < -0.39 is 11.7 Å². The fourth-order valence-electron chi connectivity index (χ4n) is 1.66. The van der Waals surface area contributed by atoms with E-state index in [2.05, 4.69) is 26.2 Å². The zero-order valence-corrected chi connectivity index (χ0v) is 13.1. The molecule has 1 aromatic heterocycles. The number of ether oxygens (including phenoxy) is 1. The van der Waals surface area contributed by atoms with Crippen molar-refractivity contribution in [1.29, 1.82) is 0 Å². The van der Waals surface area contributed by atoms with Crippen LogP contribution in [-0.2, 0) is 0 Å². The lowest BCUT2D eigenvalue weighted by molar-refractivity contribution is 0.102. The number of rotatable bonds is 4. The van der Waals surface area contributed by atoms with Gasteiger partial charge in [0.2, 0.25) is 5.88 Å². The van der Waals surface area contributed by atoms with E-state index >= 15 is 0 Å². The molecule has 2 rings (SSSR count). The molecule has 110 valence electrons. The van der Waals surface area contributed by atoms with Gasteiger partial charge in [-0.2, -0.15) is 0 Å². The summed E-state index contributed by atoms with van der Waals surface area (Å²) >= 11 is 3.23. The molecule has 0 aliphatic rings. The number of pyridine rings is 1. The summed E-state index contributed by atoms with van der Waals surface area (Å²) in [4.78, 5) is 16.3. The Labute approximate surface area is 130 Å². The third-order valence-electron chi connectivity index (χ3n) is 2.54. The zero-order chi connectivity index (χ0) is 15.4. The van der Waals surface area contributed by atoms with Crippen molar-refractivity contribution < 1.29 is 13.9 Å². The van der Waals surface area contributed by atoms with E-state index in [1.807, 2.05) is 13.8 Å². The number of hydrogen-bond donors (Lipinski definition) is 1. The van der Waals surface area contributed by atoms with Gasteiger partial charge in [-0.05, 0) is 60.1 Å². The fourth-order valence-corrected chi connectivity index (χ4v) is 2.09. The molecular weight excluding hydrogens is 339 g/mol. The minimum absolute atomic E-state index is 0.0727. The van der Waals surface area contributed by atoms with Gasteiger partial charge < -0.3 is 10.1 Å². The predicted octanol–water partition coefficient (Wildman–Crippen LogP) is 4.02. The van der Waals surface area contributed by atoms with Gasteiger partial charge in [0.05, 0.1) is 11.7 Å². The van der Waals surface area contributed by atoms with Gasteiger partial charge in [0, 0.05) is 10.7 Å². The van der Waals surface area contributed by atoms with Crippen molar-refractivity contribution in [3.8, 4) is 5.88 Å². The lowest BCUT2D eigenvalue weighted by Crippen LogP contribution is -2.15. The Balaban J connectivity index is 2.25. The van der Waals surface area contributed by atoms with Crippen LogP contribution in [0.4, 0.5) is 10.1 Å². The number of aromatic nitrogens is 1. The zero-order valence-electron chi connectivity index (χ0n) is 11.6. The second kappa shape index (κ2) is 6.67. The first-order chi connectivity index (χ1) is 9.97. The fraction of sp³-hybridized carbons (Fsp3) is 0.200. The summed E-state index contributed by atoms with van der Waals surface area (Å²) in [6.45, 7) is 3.73. The van der Waals surface area contributed by atoms with E-state index in [1.165, 1.54) is 18.2 Å². The van der Waals surface area contributed by atoms with Crippen LogP contribution in [0.3, 0.4) is 0 Å². The quantitative estimate of drug-likeness (QED) is 0.903. The van der Waals surface area contributed by atoms with Crippen LogP contribution in [0.15, 0.2) is 41.0 Å². The van der Waals surface area contributed by atoms with E-state index in [4.69, 9.17) is 4.74 Å². The summed E-state index contributed by atoms with van der Waals surface area (Å²) in [6, 6.07) is 7.29. The second-order valence-corrected chi connectivity index (χ2v) is 5.46. The van der Waals surface area contributed by atoms with E-state index in [0.29, 0.717) is 16.0 Å². The molecule has 2 aromatic rings. The number of amides is 1. The van der Waals surface area contributed by atoms with Gasteiger partial charge in [0.25, 0.3) is 5.91 Å². The molecule has 0 fully saturated rings. The topological polar surface area (TPSA) is 51.2 Å². The van der Waals surface area contributed by atoms with Gasteiger partial charge in [-0.1, -0.05) is 0 Å². The molecule has 1 N–H and O–H groups in total. The Morgan fingerprint density at radius 3 is 2.86 bits per heavy atom. The number of benzene rings is 1. The van der Waals surface area contributed by atoms with Crippen molar-refractivity contribution in [3.63, 3.8) is 0 Å². The van der Waals surface area contributed by atoms with Crippen molar-refractivity contribution in [1.82, 2.24) is 4.98 Å². The molecule has 1 aromatic carbocycles. The lowest BCUT2D eigenvalue weighted by atomic mass is 10.2. The maximum atomic E-state index is 13.3. The third kappa shape index (κ3) is 4.01. The smallest absolute Gasteiger partial charge is 0.257 e. The number of halogens is 2. The minimum atomic E-state index is -0.479. The molecule has 0 aliphatic heterocycles. The molecule has 6 heteroatoms. The highest BCUT2D eigenvalue weighted by Gasteiger charge is 2.14. The summed E-state index contributed by atoms with van der Waals surface area (Å²) in [5.74, 6) is -0.593. The second-order valence-electron chi connectivity index (χ2n) is 4.60. The maximum absolute atomic E-state index is 13.3. The molecule has 0 atom stereocenters. The SMILES string of the molecule is CC(C)Oc1ncccc1NC(=O)c1cc(F)ccc1Br. The van der Waals surface area contributed by atoms with Crippen molar-refractivity contribution in [2.45, 2.75) is 20.0 Å². The Bertz CT molecular complexity index is 662. The monoisotopic (exact) mass is 352 g/mol. The maximum Gasteiger partial charge on any atom is 0.257 e. The van der Waals surface area contributed by atoms with Crippen LogP contribution in [0.1, 0.15) is 24.2 Å². The third-order valence-corrected chi connectivity index (χ3v) is 3.23. The highest BCUT2D eigenvalue weighted by Crippen LogP contribution is 2.24. The molecule has 0 spiro atoms. The summed E-state index contributed by atoms with van der Waals surface area (Å²) in [6.07, 6.45) is 1.50. The lowest BCUT2D eigenvalue weighted by Gasteiger charge is -2.13. The van der Waals surface area contributed by atoms with Crippen LogP contribution in [0, 0.1) is 5.82 Å². The summed E-state index contributed by atoms with van der Waals surface area (Å²) < 4.78 is 19.3. The van der Waals surface area contributed by atoms with Gasteiger partial charge in [-0.25, -0.2) is 9.37 Å². The summed E-state index contributed by atoms with van der Waals surface area (Å²) in [5.41, 5.74) is 0.640. The first-order valence-corrected chi connectivity index (χ1v) is 7.14. The van der Waals surface area contributed by atoms with Gasteiger partial charge in [0.15, 0.2) is 0 Å². The molecule has 1 amide bonds. The Morgan fingerprint density at radius 1 is 1.38 bits per heavy atom. The normalized spacial score (nSPS) is 10.5. The molecule has 0 unspecified atom stereocenters. The van der Waals surface area contributed by atoms with Crippen LogP contribution < -0.4 is 10.1 Å². The van der Waals surface area contributed by atoms with Crippen molar-refractivity contribution in [2.75, 3.05) is 5.32 Å². The Hall–Kier alpha value is -1.95. The van der Waals surface area contributed by atoms with Gasteiger partial charge in [0.1, 0.15) is 11.5 Å². The number of nitrogens with zero attached hydrogens (tertiary/aromatic N) is 1. The van der Waals surface area contributed by atoms with Crippen molar-refractivity contribution in [3.05, 3.63) is 52.4 Å². The largest absolute Gasteiger partial charge is 0.473 e. The molecule has 0 radical (unpaired) electrons. The van der Waals surface area contributed by atoms with Crippen LogP contribution in [-0.4, -0.2) is 17.0 Å². The van der Waals surface area contributed by atoms with Crippen LogP contribution >= 0.6 is 15.9 Å². The van der Waals surface area contributed by atoms with Gasteiger partial charge in [-0.3, -0.25) is 4.79 Å². The molecular formula is C15H14BrFN2O2. The minimum Gasteiger partial charge on any atom is -0.473 e. The number of nitrogens with one attached hydrogen (secondary N) is 1. The first-order valence-electron chi connectivity index (χ1n) is 6.35. The number of carbonyl (C=O) groups excluding carboxylic acids is 1. The Morgan fingerprint density at radius 2 is 2.14 bits per heavy atom. The van der Waals surface area contributed by atoms with Crippen molar-refractivity contribution >= 4 is 27.5 Å². The number of anilines is 1. The molecule has 0 bridgehead atoms. The highest BCUT2D eigenvalue weighted by molar-refractivity contribution is 9.10. The average Bonchev–Trinajstić information content (AvgIpc) is 2.43. The van der Waals surface area contributed by atoms with Crippen LogP contribution in [0.5, 0.6) is 5.88 Å². The molecule has 0 aliphatic carbocycles. The van der Waals surface area contributed by atoms with Gasteiger partial charge in [-0.15, -0.1) is 0 Å². The van der Waals surface area contributed by atoms with Crippen LogP contribution in [0.2, 0.25) is 0 Å². The van der Waals surface area contributed by atoms with E-state index in [1.54, 1.807) is 18.3 Å². The summed E-state index contributed by atoms with van der Waals surface area (Å²) in [5, 5.41) is 2.68. The molecule has 4 nitrogen and oxygen atoms in total. The number of hydrogen-bond acceptors (Lipinski definition) is 3. The van der Waals surface area contributed by atoms with Crippen molar-refractivity contribution in [2.24, 2.45) is 0 Å². The molecule has 0 saturated heterocycles. The van der Waals surface area contributed by atoms with Crippen LogP contribution in [0.25, 0.3) is 0 Å². The number of carbonyl (C=O) groups is 1. The molecule has 1 heterocycles. The predicted molar refractivity (Wildman–Crippen MR) is 82.1 cm³/mol. The molecule has 21 heavy (non-hydrogen) atoms. The van der Waals surface area contributed by atoms with E-state index in [9.17, 15) is 9.18 Å². The average molecular weight is 353 g/mol. The van der Waals surface area contributed by atoms with Gasteiger partial charge >= 0.3 is 0 Å². The van der Waals surface area contributed by atoms with E-state index in [0.717, 1.165) is 0 Å². The summed E-state index contributed by atoms with van der Waals surface area (Å²) in [7, 11) is 0. The standard InChI is InChI=1S/C15H14BrFN2O2/c1-9(2)21-15-13(4-3-7-18-15)19-14(20)11-8-10(17)5-6-12(11)16/h3-9H,1-2H3,(H,19,20). The van der Waals surface area contributed by atoms with E-state index in [-0.39, 0.29) is 11.7 Å². The Kier molecular flexibility index (Phi) is 4.90. The first kappa shape index (κ1) is 15.4. The highest BCUT2D eigenvalue weighted by atomic mass is 79.9. The molecule has 0 saturated carbocycles.